The molecule has 0 radical (unpaired) electrons. The Bertz CT molecular complexity index is 462. The van der Waals surface area contributed by atoms with Crippen LogP contribution in [0.3, 0.4) is 0 Å². The lowest BCUT2D eigenvalue weighted by Crippen LogP contribution is -2.23. The lowest BCUT2D eigenvalue weighted by molar-refractivity contribution is 0.516. The van der Waals surface area contributed by atoms with E-state index in [2.05, 4.69) is 53.7 Å². The minimum absolute atomic E-state index is 0.444. The lowest BCUT2D eigenvalue weighted by atomic mass is 10.0. The second-order valence-corrected chi connectivity index (χ2v) is 4.52. The van der Waals surface area contributed by atoms with Crippen molar-refractivity contribution in [2.45, 2.75) is 25.8 Å². The van der Waals surface area contributed by atoms with Gasteiger partial charge in [-0.3, -0.25) is 4.68 Å². The van der Waals surface area contributed by atoms with Crippen LogP contribution in [0, 0.1) is 0 Å². The molecule has 1 N–H and O–H groups in total. The molecule has 0 fully saturated rings. The zero-order chi connectivity index (χ0) is 12.8. The molecule has 2 aromatic rings. The van der Waals surface area contributed by atoms with Gasteiger partial charge in [0, 0.05) is 37.9 Å². The van der Waals surface area contributed by atoms with Crippen LogP contribution in [0.2, 0.25) is 0 Å². The van der Waals surface area contributed by atoms with Gasteiger partial charge in [-0.1, -0.05) is 37.3 Å². The first-order valence-electron chi connectivity index (χ1n) is 6.56. The van der Waals surface area contributed by atoms with Gasteiger partial charge in [-0.05, 0) is 18.1 Å². The first kappa shape index (κ1) is 12.8. The third kappa shape index (κ3) is 3.20. The van der Waals surface area contributed by atoms with Crippen molar-refractivity contribution in [3.8, 4) is 0 Å². The van der Waals surface area contributed by atoms with Crippen molar-refractivity contribution in [3.05, 3.63) is 53.9 Å². The number of hydrogen-bond acceptors (Lipinski definition) is 2. The van der Waals surface area contributed by atoms with Crippen LogP contribution in [0.15, 0.2) is 42.6 Å². The average molecular weight is 243 g/mol. The van der Waals surface area contributed by atoms with E-state index in [1.807, 2.05) is 17.9 Å². The topological polar surface area (TPSA) is 29.9 Å². The van der Waals surface area contributed by atoms with Gasteiger partial charge in [0.05, 0.1) is 0 Å². The molecule has 0 saturated heterocycles. The fourth-order valence-electron chi connectivity index (χ4n) is 2.20. The summed E-state index contributed by atoms with van der Waals surface area (Å²) in [6.07, 6.45) is 3.97. The molecule has 0 saturated carbocycles. The van der Waals surface area contributed by atoms with Crippen LogP contribution in [0.5, 0.6) is 0 Å². The van der Waals surface area contributed by atoms with Gasteiger partial charge in [0.1, 0.15) is 0 Å². The number of nitrogens with one attached hydrogen (secondary N) is 1. The number of benzene rings is 1. The van der Waals surface area contributed by atoms with Gasteiger partial charge in [-0.15, -0.1) is 0 Å². The zero-order valence-electron chi connectivity index (χ0n) is 11.1. The highest BCUT2D eigenvalue weighted by Gasteiger charge is 2.07. The molecule has 1 heterocycles. The van der Waals surface area contributed by atoms with Crippen LogP contribution < -0.4 is 5.32 Å². The monoisotopic (exact) mass is 243 g/mol. The molecule has 18 heavy (non-hydrogen) atoms. The third-order valence-corrected chi connectivity index (χ3v) is 3.30. The lowest BCUT2D eigenvalue weighted by Gasteiger charge is -2.17. The second-order valence-electron chi connectivity index (χ2n) is 4.52. The molecular weight excluding hydrogens is 222 g/mol. The van der Waals surface area contributed by atoms with E-state index < -0.39 is 0 Å². The van der Waals surface area contributed by atoms with Crippen LogP contribution in [-0.2, 0) is 13.5 Å². The molecule has 0 amide bonds. The van der Waals surface area contributed by atoms with Crippen molar-refractivity contribution in [1.82, 2.24) is 15.1 Å². The molecule has 0 bridgehead atoms. The van der Waals surface area contributed by atoms with Crippen molar-refractivity contribution < 1.29 is 0 Å². The maximum atomic E-state index is 4.18. The Balaban J connectivity index is 1.87. The van der Waals surface area contributed by atoms with Crippen LogP contribution >= 0.6 is 0 Å². The number of nitrogens with zero attached hydrogens (tertiary/aromatic N) is 2. The van der Waals surface area contributed by atoms with E-state index in [4.69, 9.17) is 0 Å². The molecule has 3 heteroatoms. The van der Waals surface area contributed by atoms with Crippen molar-refractivity contribution in [3.63, 3.8) is 0 Å². The Morgan fingerprint density at radius 1 is 1.22 bits per heavy atom. The van der Waals surface area contributed by atoms with Gasteiger partial charge in [-0.2, -0.15) is 5.10 Å². The molecule has 96 valence electrons. The normalized spacial score (nSPS) is 12.6. The van der Waals surface area contributed by atoms with Crippen molar-refractivity contribution in [1.29, 1.82) is 0 Å². The first-order valence-corrected chi connectivity index (χ1v) is 6.56. The fraction of sp³-hybridized carbons (Fsp3) is 0.400. The van der Waals surface area contributed by atoms with E-state index in [1.165, 1.54) is 11.3 Å². The van der Waals surface area contributed by atoms with E-state index >= 15 is 0 Å². The van der Waals surface area contributed by atoms with E-state index in [-0.39, 0.29) is 0 Å². The predicted molar refractivity (Wildman–Crippen MR) is 74.4 cm³/mol. The van der Waals surface area contributed by atoms with Crippen molar-refractivity contribution >= 4 is 0 Å². The Morgan fingerprint density at radius 2 is 2.00 bits per heavy atom. The molecule has 0 aliphatic rings. The number of aromatic nitrogens is 2. The highest BCUT2D eigenvalue weighted by Crippen LogP contribution is 2.15. The van der Waals surface area contributed by atoms with Gasteiger partial charge in [-0.25, -0.2) is 0 Å². The summed E-state index contributed by atoms with van der Waals surface area (Å²) in [7, 11) is 1.99. The first-order chi connectivity index (χ1) is 8.81. The minimum Gasteiger partial charge on any atom is -0.310 e. The van der Waals surface area contributed by atoms with Gasteiger partial charge in [0.15, 0.2) is 0 Å². The summed E-state index contributed by atoms with van der Waals surface area (Å²) >= 11 is 0. The van der Waals surface area contributed by atoms with Gasteiger partial charge >= 0.3 is 0 Å². The molecule has 1 aromatic heterocycles. The predicted octanol–water partition coefficient (Wildman–Crippen LogP) is 2.70. The minimum atomic E-state index is 0.444. The summed E-state index contributed by atoms with van der Waals surface area (Å²) in [5.74, 6) is 0. The van der Waals surface area contributed by atoms with E-state index in [0.717, 1.165) is 19.4 Å². The summed E-state index contributed by atoms with van der Waals surface area (Å²) < 4.78 is 1.94. The molecule has 1 atom stereocenters. The van der Waals surface area contributed by atoms with Crippen LogP contribution in [0.25, 0.3) is 0 Å². The molecule has 1 unspecified atom stereocenters. The Labute approximate surface area is 109 Å². The van der Waals surface area contributed by atoms with Gasteiger partial charge in [0.2, 0.25) is 0 Å². The number of aryl methyl sites for hydroxylation is 1. The molecule has 1 aromatic carbocycles. The fourth-order valence-corrected chi connectivity index (χ4v) is 2.20. The van der Waals surface area contributed by atoms with Crippen LogP contribution in [0.4, 0.5) is 0 Å². The molecule has 3 nitrogen and oxygen atoms in total. The third-order valence-electron chi connectivity index (χ3n) is 3.30. The number of rotatable bonds is 6. The van der Waals surface area contributed by atoms with Gasteiger partial charge in [0.25, 0.3) is 0 Å². The van der Waals surface area contributed by atoms with Crippen molar-refractivity contribution in [2.24, 2.45) is 7.05 Å². The van der Waals surface area contributed by atoms with Crippen LogP contribution in [0.1, 0.15) is 30.6 Å². The molecular formula is C15H21N3. The maximum absolute atomic E-state index is 4.18. The molecule has 0 spiro atoms. The van der Waals surface area contributed by atoms with Crippen molar-refractivity contribution in [2.75, 3.05) is 6.54 Å². The van der Waals surface area contributed by atoms with Gasteiger partial charge < -0.3 is 5.32 Å². The number of hydrogen-bond donors (Lipinski definition) is 1. The largest absolute Gasteiger partial charge is 0.310 e. The summed E-state index contributed by atoms with van der Waals surface area (Å²) in [4.78, 5) is 0. The zero-order valence-corrected chi connectivity index (χ0v) is 11.1. The second kappa shape index (κ2) is 6.36. The van der Waals surface area contributed by atoms with Crippen LogP contribution in [-0.4, -0.2) is 16.3 Å². The summed E-state index contributed by atoms with van der Waals surface area (Å²) in [5, 5.41) is 7.79. The Kier molecular flexibility index (Phi) is 4.53. The quantitative estimate of drug-likeness (QED) is 0.845. The van der Waals surface area contributed by atoms with E-state index in [0.29, 0.717) is 6.04 Å². The average Bonchev–Trinajstić information content (AvgIpc) is 2.81. The Morgan fingerprint density at radius 3 is 2.61 bits per heavy atom. The summed E-state index contributed by atoms with van der Waals surface area (Å²) in [5.41, 5.74) is 2.63. The standard InChI is InChI=1S/C15H21N3/c1-3-15(13-7-5-4-6-8-13)16-11-9-14-10-12-17-18(14)2/h4-8,10,12,15-16H,3,9,11H2,1-2H3. The van der Waals surface area contributed by atoms with E-state index in [9.17, 15) is 0 Å². The highest BCUT2D eigenvalue weighted by atomic mass is 15.3. The smallest absolute Gasteiger partial charge is 0.0492 e. The molecule has 0 aliphatic heterocycles. The highest BCUT2D eigenvalue weighted by molar-refractivity contribution is 5.18. The molecule has 2 rings (SSSR count). The van der Waals surface area contributed by atoms with E-state index in [1.54, 1.807) is 0 Å². The summed E-state index contributed by atoms with van der Waals surface area (Å²) in [6, 6.07) is 13.1. The SMILES string of the molecule is CCC(NCCc1ccnn1C)c1ccccc1. The Hall–Kier alpha value is -1.61. The maximum Gasteiger partial charge on any atom is 0.0492 e. The molecule has 0 aliphatic carbocycles. The summed E-state index contributed by atoms with van der Waals surface area (Å²) in [6.45, 7) is 3.20.